The zero-order chi connectivity index (χ0) is 11.5. The standard InChI is InChI=1S/C13H17NO2.ClH/c1-16-13(15)11-7-3-6-10(8-11)12(14)9-4-2-5-9;/h3,6-9,12H,2,4-5,14H2,1H3;1H/t12-;/m0./s1. The van der Waals surface area contributed by atoms with Crippen LogP contribution < -0.4 is 5.73 Å². The Bertz CT molecular complexity index is 391. The first-order valence-electron chi connectivity index (χ1n) is 5.66. The molecule has 0 bridgehead atoms. The third-order valence-corrected chi connectivity index (χ3v) is 3.35. The molecule has 1 aromatic rings. The third-order valence-electron chi connectivity index (χ3n) is 3.35. The SMILES string of the molecule is COC(=O)c1cccc([C@@H](N)C2CCC2)c1.Cl. The molecule has 1 aliphatic rings. The lowest BCUT2D eigenvalue weighted by Gasteiger charge is -2.31. The van der Waals surface area contributed by atoms with Crippen molar-refractivity contribution in [2.24, 2.45) is 11.7 Å². The van der Waals surface area contributed by atoms with Crippen LogP contribution in [0.1, 0.15) is 41.2 Å². The average molecular weight is 256 g/mol. The summed E-state index contributed by atoms with van der Waals surface area (Å²) >= 11 is 0. The Morgan fingerprint density at radius 2 is 2.18 bits per heavy atom. The molecule has 0 spiro atoms. The van der Waals surface area contributed by atoms with Crippen LogP contribution in [0.3, 0.4) is 0 Å². The molecule has 94 valence electrons. The van der Waals surface area contributed by atoms with Gasteiger partial charge in [0.1, 0.15) is 0 Å². The summed E-state index contributed by atoms with van der Waals surface area (Å²) in [5.41, 5.74) is 7.77. The molecule has 1 aliphatic carbocycles. The lowest BCUT2D eigenvalue weighted by molar-refractivity contribution is 0.0600. The number of carbonyl (C=O) groups excluding carboxylic acids is 1. The smallest absolute Gasteiger partial charge is 0.337 e. The fraction of sp³-hybridized carbons (Fsp3) is 0.462. The van der Waals surface area contributed by atoms with E-state index in [1.54, 1.807) is 6.07 Å². The van der Waals surface area contributed by atoms with Crippen molar-refractivity contribution in [3.8, 4) is 0 Å². The molecule has 0 saturated heterocycles. The van der Waals surface area contributed by atoms with Gasteiger partial charge in [-0.15, -0.1) is 12.4 Å². The number of halogens is 1. The molecule has 1 saturated carbocycles. The van der Waals surface area contributed by atoms with Gasteiger partial charge in [0.25, 0.3) is 0 Å². The molecule has 1 aromatic carbocycles. The Morgan fingerprint density at radius 3 is 2.71 bits per heavy atom. The molecule has 1 atom stereocenters. The summed E-state index contributed by atoms with van der Waals surface area (Å²) in [6.07, 6.45) is 3.67. The quantitative estimate of drug-likeness (QED) is 0.845. The molecule has 0 radical (unpaired) electrons. The first-order chi connectivity index (χ1) is 7.72. The van der Waals surface area contributed by atoms with Crippen molar-refractivity contribution in [1.29, 1.82) is 0 Å². The summed E-state index contributed by atoms with van der Waals surface area (Å²) in [4.78, 5) is 11.4. The molecule has 0 aliphatic heterocycles. The van der Waals surface area contributed by atoms with E-state index in [1.165, 1.54) is 26.4 Å². The van der Waals surface area contributed by atoms with Gasteiger partial charge in [-0.2, -0.15) is 0 Å². The summed E-state index contributed by atoms with van der Waals surface area (Å²) in [6, 6.07) is 7.49. The van der Waals surface area contributed by atoms with Crippen molar-refractivity contribution in [2.75, 3.05) is 7.11 Å². The van der Waals surface area contributed by atoms with Crippen molar-refractivity contribution in [3.63, 3.8) is 0 Å². The molecular weight excluding hydrogens is 238 g/mol. The van der Waals surface area contributed by atoms with Gasteiger partial charge in [0.2, 0.25) is 0 Å². The zero-order valence-electron chi connectivity index (χ0n) is 9.89. The molecule has 0 amide bonds. The Kier molecular flexibility index (Phi) is 4.97. The van der Waals surface area contributed by atoms with Crippen LogP contribution in [0.5, 0.6) is 0 Å². The highest BCUT2D eigenvalue weighted by Crippen LogP contribution is 2.36. The van der Waals surface area contributed by atoms with Gasteiger partial charge in [-0.3, -0.25) is 0 Å². The molecular formula is C13H18ClNO2. The minimum absolute atomic E-state index is 0. The predicted octanol–water partition coefficient (Wildman–Crippen LogP) is 2.69. The summed E-state index contributed by atoms with van der Waals surface area (Å²) in [5.74, 6) is 0.274. The van der Waals surface area contributed by atoms with E-state index in [2.05, 4.69) is 0 Å². The third kappa shape index (κ3) is 2.99. The molecule has 3 nitrogen and oxygen atoms in total. The molecule has 2 N–H and O–H groups in total. The van der Waals surface area contributed by atoms with E-state index < -0.39 is 0 Å². The normalized spacial score (nSPS) is 16.6. The van der Waals surface area contributed by atoms with Crippen LogP contribution in [0.25, 0.3) is 0 Å². The molecule has 0 heterocycles. The molecule has 1 fully saturated rings. The number of hydrogen-bond donors (Lipinski definition) is 1. The molecule has 0 unspecified atom stereocenters. The Labute approximate surface area is 108 Å². The highest BCUT2D eigenvalue weighted by Gasteiger charge is 2.25. The van der Waals surface area contributed by atoms with Crippen molar-refractivity contribution in [1.82, 2.24) is 0 Å². The van der Waals surface area contributed by atoms with Gasteiger partial charge in [0.05, 0.1) is 12.7 Å². The van der Waals surface area contributed by atoms with E-state index in [0.29, 0.717) is 11.5 Å². The summed E-state index contributed by atoms with van der Waals surface area (Å²) < 4.78 is 4.69. The Morgan fingerprint density at radius 1 is 1.47 bits per heavy atom. The second-order valence-electron chi connectivity index (χ2n) is 4.33. The van der Waals surface area contributed by atoms with Gasteiger partial charge < -0.3 is 10.5 Å². The van der Waals surface area contributed by atoms with E-state index >= 15 is 0 Å². The zero-order valence-corrected chi connectivity index (χ0v) is 10.7. The lowest BCUT2D eigenvalue weighted by atomic mass is 9.77. The summed E-state index contributed by atoms with van der Waals surface area (Å²) in [6.45, 7) is 0. The summed E-state index contributed by atoms with van der Waals surface area (Å²) in [5, 5.41) is 0. The number of esters is 1. The van der Waals surface area contributed by atoms with Crippen LogP contribution in [0.15, 0.2) is 24.3 Å². The Hall–Kier alpha value is -1.06. The fourth-order valence-corrected chi connectivity index (χ4v) is 2.06. The number of benzene rings is 1. The van der Waals surface area contributed by atoms with Gasteiger partial charge in [0.15, 0.2) is 0 Å². The molecule has 4 heteroatoms. The number of ether oxygens (including phenoxy) is 1. The van der Waals surface area contributed by atoms with Crippen molar-refractivity contribution < 1.29 is 9.53 Å². The number of carbonyl (C=O) groups is 1. The number of nitrogens with two attached hydrogens (primary N) is 1. The van der Waals surface area contributed by atoms with Gasteiger partial charge >= 0.3 is 5.97 Å². The van der Waals surface area contributed by atoms with E-state index in [4.69, 9.17) is 10.5 Å². The summed E-state index contributed by atoms with van der Waals surface area (Å²) in [7, 11) is 1.39. The maximum Gasteiger partial charge on any atom is 0.337 e. The first kappa shape index (κ1) is 14.0. The Balaban J connectivity index is 0.00000144. The lowest BCUT2D eigenvalue weighted by Crippen LogP contribution is -2.27. The second-order valence-corrected chi connectivity index (χ2v) is 4.33. The maximum atomic E-state index is 11.4. The molecule has 0 aromatic heterocycles. The van der Waals surface area contributed by atoms with E-state index in [0.717, 1.165) is 5.56 Å². The number of methoxy groups -OCH3 is 1. The maximum absolute atomic E-state index is 11.4. The van der Waals surface area contributed by atoms with E-state index in [1.807, 2.05) is 18.2 Å². The van der Waals surface area contributed by atoms with Crippen LogP contribution in [0, 0.1) is 5.92 Å². The number of rotatable bonds is 3. The van der Waals surface area contributed by atoms with Crippen molar-refractivity contribution in [3.05, 3.63) is 35.4 Å². The van der Waals surface area contributed by atoms with Crippen LogP contribution in [0.4, 0.5) is 0 Å². The molecule has 17 heavy (non-hydrogen) atoms. The van der Waals surface area contributed by atoms with Crippen molar-refractivity contribution in [2.45, 2.75) is 25.3 Å². The minimum atomic E-state index is -0.303. The average Bonchev–Trinajstić information content (AvgIpc) is 2.26. The van der Waals surface area contributed by atoms with Crippen LogP contribution in [-0.4, -0.2) is 13.1 Å². The van der Waals surface area contributed by atoms with Gasteiger partial charge in [0, 0.05) is 6.04 Å². The molecule has 2 rings (SSSR count). The second kappa shape index (κ2) is 6.03. The predicted molar refractivity (Wildman–Crippen MR) is 69.3 cm³/mol. The van der Waals surface area contributed by atoms with Gasteiger partial charge in [-0.1, -0.05) is 18.6 Å². The monoisotopic (exact) mass is 255 g/mol. The highest BCUT2D eigenvalue weighted by atomic mass is 35.5. The van der Waals surface area contributed by atoms with E-state index in [9.17, 15) is 4.79 Å². The van der Waals surface area contributed by atoms with Crippen LogP contribution in [-0.2, 0) is 4.74 Å². The van der Waals surface area contributed by atoms with E-state index in [-0.39, 0.29) is 24.4 Å². The van der Waals surface area contributed by atoms with Crippen LogP contribution in [0.2, 0.25) is 0 Å². The number of hydrogen-bond acceptors (Lipinski definition) is 3. The van der Waals surface area contributed by atoms with Gasteiger partial charge in [-0.25, -0.2) is 4.79 Å². The fourth-order valence-electron chi connectivity index (χ4n) is 2.06. The van der Waals surface area contributed by atoms with Gasteiger partial charge in [-0.05, 0) is 36.5 Å². The first-order valence-corrected chi connectivity index (χ1v) is 5.66. The minimum Gasteiger partial charge on any atom is -0.465 e. The van der Waals surface area contributed by atoms with Crippen LogP contribution >= 0.6 is 12.4 Å². The topological polar surface area (TPSA) is 52.3 Å². The van der Waals surface area contributed by atoms with Crippen molar-refractivity contribution >= 4 is 18.4 Å². The highest BCUT2D eigenvalue weighted by molar-refractivity contribution is 5.89. The largest absolute Gasteiger partial charge is 0.465 e.